The van der Waals surface area contributed by atoms with Crippen LogP contribution in [-0.2, 0) is 10.0 Å². The van der Waals surface area contributed by atoms with Crippen LogP contribution >= 0.6 is 0 Å². The van der Waals surface area contributed by atoms with Crippen LogP contribution in [0.2, 0.25) is 0 Å². The molecule has 7 heteroatoms. The van der Waals surface area contributed by atoms with Crippen molar-refractivity contribution < 1.29 is 13.2 Å². The summed E-state index contributed by atoms with van der Waals surface area (Å²) in [6.07, 6.45) is 1.04. The van der Waals surface area contributed by atoms with Gasteiger partial charge in [-0.25, -0.2) is 8.42 Å². The van der Waals surface area contributed by atoms with Gasteiger partial charge in [-0.05, 0) is 45.0 Å². The molecule has 1 amide bonds. The Morgan fingerprint density at radius 1 is 1.22 bits per heavy atom. The lowest BCUT2D eigenvalue weighted by Crippen LogP contribution is -2.34. The van der Waals surface area contributed by atoms with Crippen LogP contribution in [0.3, 0.4) is 0 Å². The minimum Gasteiger partial charge on any atom is -0.351 e. The molecule has 1 aromatic rings. The number of carbonyl (C=O) groups excluding carboxylic acids is 1. The van der Waals surface area contributed by atoms with Gasteiger partial charge in [-0.3, -0.25) is 4.79 Å². The molecule has 1 aromatic carbocycles. The molecule has 0 aliphatic heterocycles. The van der Waals surface area contributed by atoms with E-state index in [0.717, 1.165) is 13.0 Å². The molecular formula is C16H27N3O3S. The van der Waals surface area contributed by atoms with Crippen LogP contribution in [0.25, 0.3) is 0 Å². The molecule has 0 saturated carbocycles. The number of nitrogens with one attached hydrogen (secondary N) is 2. The van der Waals surface area contributed by atoms with E-state index in [0.29, 0.717) is 18.7 Å². The van der Waals surface area contributed by atoms with E-state index in [1.165, 1.54) is 23.5 Å². The molecule has 0 spiro atoms. The van der Waals surface area contributed by atoms with Crippen molar-refractivity contribution in [2.45, 2.75) is 38.1 Å². The molecule has 0 fully saturated rings. The lowest BCUT2D eigenvalue weighted by molar-refractivity contribution is 0.0953. The topological polar surface area (TPSA) is 78.5 Å². The van der Waals surface area contributed by atoms with Crippen LogP contribution in [0, 0.1) is 0 Å². The van der Waals surface area contributed by atoms with Crippen molar-refractivity contribution in [3.8, 4) is 0 Å². The fourth-order valence-corrected chi connectivity index (χ4v) is 3.32. The zero-order chi connectivity index (χ0) is 17.5. The van der Waals surface area contributed by atoms with Crippen LogP contribution in [0.15, 0.2) is 29.2 Å². The Bertz CT molecular complexity index is 615. The van der Waals surface area contributed by atoms with Gasteiger partial charge in [0.2, 0.25) is 10.0 Å². The summed E-state index contributed by atoms with van der Waals surface area (Å²) in [6, 6.07) is 5.98. The van der Waals surface area contributed by atoms with Gasteiger partial charge in [-0.15, -0.1) is 0 Å². The molecule has 23 heavy (non-hydrogen) atoms. The van der Waals surface area contributed by atoms with E-state index in [1.54, 1.807) is 26.0 Å². The normalized spacial score (nSPS) is 11.9. The Kier molecular flexibility index (Phi) is 7.67. The maximum atomic E-state index is 12.5. The Hall–Kier alpha value is -1.44. The van der Waals surface area contributed by atoms with Gasteiger partial charge in [0.15, 0.2) is 0 Å². The number of carbonyl (C=O) groups is 1. The minimum absolute atomic E-state index is 0.130. The van der Waals surface area contributed by atoms with Gasteiger partial charge in [-0.2, -0.15) is 4.31 Å². The van der Waals surface area contributed by atoms with Crippen molar-refractivity contribution in [1.29, 1.82) is 0 Å². The molecule has 0 saturated heterocycles. The molecule has 130 valence electrons. The number of nitrogens with zero attached hydrogens (tertiary/aromatic N) is 1. The summed E-state index contributed by atoms with van der Waals surface area (Å²) in [6.45, 7) is 7.78. The third-order valence-corrected chi connectivity index (χ3v) is 5.54. The molecule has 0 unspecified atom stereocenters. The Morgan fingerprint density at radius 3 is 2.52 bits per heavy atom. The molecule has 0 aliphatic carbocycles. The summed E-state index contributed by atoms with van der Waals surface area (Å²) in [5, 5.41) is 5.97. The molecule has 0 heterocycles. The number of benzene rings is 1. The fourth-order valence-electron chi connectivity index (χ4n) is 1.91. The molecule has 2 N–H and O–H groups in total. The van der Waals surface area contributed by atoms with Gasteiger partial charge in [0.05, 0.1) is 4.90 Å². The van der Waals surface area contributed by atoms with Crippen molar-refractivity contribution in [3.05, 3.63) is 29.8 Å². The third-order valence-electron chi connectivity index (χ3n) is 3.51. The van der Waals surface area contributed by atoms with Crippen molar-refractivity contribution in [2.75, 3.05) is 26.7 Å². The van der Waals surface area contributed by atoms with Crippen molar-refractivity contribution in [3.63, 3.8) is 0 Å². The number of amides is 1. The highest BCUT2D eigenvalue weighted by molar-refractivity contribution is 7.89. The molecule has 0 aromatic heterocycles. The van der Waals surface area contributed by atoms with E-state index in [9.17, 15) is 13.2 Å². The third kappa shape index (κ3) is 5.60. The maximum Gasteiger partial charge on any atom is 0.251 e. The SMILES string of the molecule is CCCNCCNC(=O)c1cccc(S(=O)(=O)N(C)C(C)C)c1. The number of hydrogen-bond donors (Lipinski definition) is 2. The molecule has 0 atom stereocenters. The smallest absolute Gasteiger partial charge is 0.251 e. The second kappa shape index (κ2) is 9.00. The lowest BCUT2D eigenvalue weighted by Gasteiger charge is -2.21. The molecule has 0 aliphatic rings. The first-order chi connectivity index (χ1) is 10.8. The molecule has 0 radical (unpaired) electrons. The van der Waals surface area contributed by atoms with Gasteiger partial charge in [0.25, 0.3) is 5.91 Å². The maximum absolute atomic E-state index is 12.5. The molecule has 1 rings (SSSR count). The van der Waals surface area contributed by atoms with Gasteiger partial charge >= 0.3 is 0 Å². The van der Waals surface area contributed by atoms with E-state index in [1.807, 2.05) is 0 Å². The molecule has 6 nitrogen and oxygen atoms in total. The summed E-state index contributed by atoms with van der Waals surface area (Å²) in [5.41, 5.74) is 0.346. The highest BCUT2D eigenvalue weighted by Gasteiger charge is 2.23. The summed E-state index contributed by atoms with van der Waals surface area (Å²) in [4.78, 5) is 12.2. The summed E-state index contributed by atoms with van der Waals surface area (Å²) in [7, 11) is -2.05. The Balaban J connectivity index is 2.79. The minimum atomic E-state index is -3.59. The zero-order valence-corrected chi connectivity index (χ0v) is 15.1. The largest absolute Gasteiger partial charge is 0.351 e. The average Bonchev–Trinajstić information content (AvgIpc) is 2.53. The standard InChI is InChI=1S/C16H27N3O3S/c1-5-9-17-10-11-18-16(20)14-7-6-8-15(12-14)23(21,22)19(4)13(2)3/h6-8,12-13,17H,5,9-11H2,1-4H3,(H,18,20). The quantitative estimate of drug-likeness (QED) is 0.666. The fraction of sp³-hybridized carbons (Fsp3) is 0.562. The highest BCUT2D eigenvalue weighted by Crippen LogP contribution is 2.17. The summed E-state index contributed by atoms with van der Waals surface area (Å²) in [5.74, 6) is -0.271. The van der Waals surface area contributed by atoms with Gasteiger partial charge in [-0.1, -0.05) is 13.0 Å². The first kappa shape index (κ1) is 19.6. The molecule has 0 bridgehead atoms. The van der Waals surface area contributed by atoms with Crippen molar-refractivity contribution in [1.82, 2.24) is 14.9 Å². The van der Waals surface area contributed by atoms with Crippen LogP contribution in [-0.4, -0.2) is 51.4 Å². The average molecular weight is 341 g/mol. The predicted molar refractivity (Wildman–Crippen MR) is 92.0 cm³/mol. The van der Waals surface area contributed by atoms with Crippen LogP contribution in [0.4, 0.5) is 0 Å². The van der Waals surface area contributed by atoms with Gasteiger partial charge in [0.1, 0.15) is 0 Å². The first-order valence-electron chi connectivity index (χ1n) is 7.87. The van der Waals surface area contributed by atoms with E-state index in [-0.39, 0.29) is 16.8 Å². The van der Waals surface area contributed by atoms with Crippen LogP contribution in [0.1, 0.15) is 37.6 Å². The predicted octanol–water partition coefficient (Wildman–Crippen LogP) is 1.44. The Labute approximate surface area is 139 Å². The first-order valence-corrected chi connectivity index (χ1v) is 9.31. The zero-order valence-electron chi connectivity index (χ0n) is 14.3. The Morgan fingerprint density at radius 2 is 1.91 bits per heavy atom. The van der Waals surface area contributed by atoms with Gasteiger partial charge in [0, 0.05) is 31.7 Å². The second-order valence-corrected chi connectivity index (χ2v) is 7.65. The number of rotatable bonds is 9. The molecular weight excluding hydrogens is 314 g/mol. The van der Waals surface area contributed by atoms with E-state index >= 15 is 0 Å². The van der Waals surface area contributed by atoms with Crippen LogP contribution < -0.4 is 10.6 Å². The van der Waals surface area contributed by atoms with Crippen molar-refractivity contribution >= 4 is 15.9 Å². The highest BCUT2D eigenvalue weighted by atomic mass is 32.2. The lowest BCUT2D eigenvalue weighted by atomic mass is 10.2. The number of sulfonamides is 1. The summed E-state index contributed by atoms with van der Waals surface area (Å²) >= 11 is 0. The van der Waals surface area contributed by atoms with E-state index < -0.39 is 10.0 Å². The monoisotopic (exact) mass is 341 g/mol. The van der Waals surface area contributed by atoms with Crippen LogP contribution in [0.5, 0.6) is 0 Å². The van der Waals surface area contributed by atoms with Crippen molar-refractivity contribution in [2.24, 2.45) is 0 Å². The van der Waals surface area contributed by atoms with Gasteiger partial charge < -0.3 is 10.6 Å². The van der Waals surface area contributed by atoms with E-state index in [4.69, 9.17) is 0 Å². The summed E-state index contributed by atoms with van der Waals surface area (Å²) < 4.78 is 26.2. The second-order valence-electron chi connectivity index (χ2n) is 5.65. The number of hydrogen-bond acceptors (Lipinski definition) is 4. The van der Waals surface area contributed by atoms with E-state index in [2.05, 4.69) is 17.6 Å².